The number of rotatable bonds is 13. The third-order valence-corrected chi connectivity index (χ3v) is 12.4. The predicted octanol–water partition coefficient (Wildman–Crippen LogP) is 2.11. The van der Waals surface area contributed by atoms with Gasteiger partial charge in [0.2, 0.25) is 17.7 Å². The number of hydrogen-bond donors (Lipinski definition) is 5. The zero-order chi connectivity index (χ0) is 43.5. The number of carbonyl (C=O) groups is 6. The SMILES string of the molecule is CCc1nc(C(N)=O)c(Nc2ccc(N3CCC(N4CCN(C(=O)CNc5ccc6c(c5)C(=O)N(C5CCC(=O)NC5=O)C6=O)CC4)CC3)c(OC)c2)nc1NC1CCOCC1. The molecule has 5 aliphatic heterocycles. The van der Waals surface area contributed by atoms with Crippen molar-refractivity contribution >= 4 is 64.1 Å². The molecule has 1 atom stereocenters. The van der Waals surface area contributed by atoms with Crippen LogP contribution in [0.25, 0.3) is 0 Å². The number of benzene rings is 2. The molecule has 19 nitrogen and oxygen atoms in total. The van der Waals surface area contributed by atoms with Crippen LogP contribution in [-0.2, 0) is 25.5 Å². The maximum Gasteiger partial charge on any atom is 0.271 e. The van der Waals surface area contributed by atoms with E-state index in [0.717, 1.165) is 62.4 Å². The molecule has 1 unspecified atom stereocenters. The molecular weight excluding hydrogens is 799 g/mol. The lowest BCUT2D eigenvalue weighted by Crippen LogP contribution is -2.55. The highest BCUT2D eigenvalue weighted by Gasteiger charge is 2.44. The van der Waals surface area contributed by atoms with Crippen molar-refractivity contribution in [2.45, 2.75) is 70.0 Å². The molecule has 0 aliphatic carbocycles. The molecule has 0 saturated carbocycles. The van der Waals surface area contributed by atoms with Crippen molar-refractivity contribution in [3.8, 4) is 5.75 Å². The van der Waals surface area contributed by atoms with Crippen LogP contribution in [0.3, 0.4) is 0 Å². The van der Waals surface area contributed by atoms with E-state index in [1.807, 2.05) is 30.0 Å². The molecule has 1 aromatic heterocycles. The Kier molecular flexibility index (Phi) is 12.5. The number of hydrogen-bond acceptors (Lipinski definition) is 15. The van der Waals surface area contributed by atoms with Gasteiger partial charge >= 0.3 is 0 Å². The van der Waals surface area contributed by atoms with Crippen molar-refractivity contribution in [2.75, 3.05) is 87.0 Å². The van der Waals surface area contributed by atoms with Gasteiger partial charge in [-0.25, -0.2) is 9.97 Å². The van der Waals surface area contributed by atoms with Crippen molar-refractivity contribution in [3.63, 3.8) is 0 Å². The lowest BCUT2D eigenvalue weighted by molar-refractivity contribution is -0.136. The molecule has 2 aromatic carbocycles. The summed E-state index contributed by atoms with van der Waals surface area (Å²) in [5.74, 6) is -1.42. The van der Waals surface area contributed by atoms with Crippen LogP contribution in [0.1, 0.15) is 82.3 Å². The first-order valence-electron chi connectivity index (χ1n) is 21.4. The fourth-order valence-corrected chi connectivity index (χ4v) is 8.96. The molecule has 328 valence electrons. The topological polar surface area (TPSA) is 234 Å². The van der Waals surface area contributed by atoms with Gasteiger partial charge in [0.1, 0.15) is 11.8 Å². The molecule has 19 heteroatoms. The molecule has 0 spiro atoms. The number of ether oxygens (including phenoxy) is 2. The van der Waals surface area contributed by atoms with Crippen molar-refractivity contribution in [3.05, 3.63) is 58.9 Å². The van der Waals surface area contributed by atoms with Gasteiger partial charge in [-0.05, 0) is 68.9 Å². The van der Waals surface area contributed by atoms with Crippen LogP contribution in [0.5, 0.6) is 5.75 Å². The molecular formula is C43H53N11O8. The van der Waals surface area contributed by atoms with E-state index >= 15 is 0 Å². The molecule has 6 amide bonds. The normalized spacial score (nSPS) is 20.2. The van der Waals surface area contributed by atoms with Gasteiger partial charge in [-0.15, -0.1) is 0 Å². The number of nitrogens with zero attached hydrogens (tertiary/aromatic N) is 6. The Morgan fingerprint density at radius 1 is 0.871 bits per heavy atom. The van der Waals surface area contributed by atoms with Gasteiger partial charge in [-0.1, -0.05) is 6.92 Å². The maximum absolute atomic E-state index is 13.3. The number of imide groups is 2. The molecule has 6 heterocycles. The predicted molar refractivity (Wildman–Crippen MR) is 229 cm³/mol. The van der Waals surface area contributed by atoms with Crippen LogP contribution in [-0.4, -0.2) is 144 Å². The Hall–Kier alpha value is -6.34. The number of primary amides is 1. The smallest absolute Gasteiger partial charge is 0.271 e. The zero-order valence-corrected chi connectivity index (χ0v) is 35.0. The molecule has 4 saturated heterocycles. The van der Waals surface area contributed by atoms with Crippen molar-refractivity contribution < 1.29 is 38.2 Å². The standard InChI is InChI=1S/C43H53N11O8/c1-3-31-39(46-25-12-20-62-21-13-25)50-40(37(48-31)38(44)57)47-27-5-7-32(34(23-27)61-2)52-14-10-28(11-15-52)51-16-18-53(19-17-51)36(56)24-45-26-4-6-29-30(22-26)43(60)54(42(29)59)33-8-9-35(55)49-41(33)58/h4-7,22-23,25,28,33,45H,3,8-21,24H2,1-2H3,(H2,44,57)(H2,46,47,50)(H,49,55,58). The number of amides is 6. The highest BCUT2D eigenvalue weighted by Crippen LogP contribution is 2.36. The lowest BCUT2D eigenvalue weighted by atomic mass is 10.0. The first kappa shape index (κ1) is 42.4. The van der Waals surface area contributed by atoms with Crippen LogP contribution < -0.4 is 36.6 Å². The minimum Gasteiger partial charge on any atom is -0.495 e. The Labute approximate surface area is 359 Å². The number of anilines is 5. The minimum atomic E-state index is -1.04. The van der Waals surface area contributed by atoms with Gasteiger partial charge in [-0.2, -0.15) is 0 Å². The Balaban J connectivity index is 0.820. The quantitative estimate of drug-likeness (QED) is 0.155. The van der Waals surface area contributed by atoms with Crippen LogP contribution >= 0.6 is 0 Å². The zero-order valence-electron chi connectivity index (χ0n) is 35.0. The number of methoxy groups -OCH3 is 1. The van der Waals surface area contributed by atoms with Gasteiger partial charge in [0.25, 0.3) is 17.7 Å². The average molecular weight is 852 g/mol. The van der Waals surface area contributed by atoms with Crippen LogP contribution in [0, 0.1) is 0 Å². The molecule has 5 aliphatic rings. The van der Waals surface area contributed by atoms with Crippen molar-refractivity contribution in [1.29, 1.82) is 0 Å². The molecule has 6 N–H and O–H groups in total. The number of aryl methyl sites for hydroxylation is 1. The third kappa shape index (κ3) is 8.85. The summed E-state index contributed by atoms with van der Waals surface area (Å²) in [6.45, 7) is 7.70. The number of nitrogens with two attached hydrogens (primary N) is 1. The van der Waals surface area contributed by atoms with Crippen molar-refractivity contribution in [1.82, 2.24) is 30.0 Å². The van der Waals surface area contributed by atoms with Crippen molar-refractivity contribution in [2.24, 2.45) is 5.73 Å². The molecule has 62 heavy (non-hydrogen) atoms. The summed E-state index contributed by atoms with van der Waals surface area (Å²) in [7, 11) is 1.64. The van der Waals surface area contributed by atoms with E-state index in [4.69, 9.17) is 20.2 Å². The van der Waals surface area contributed by atoms with Crippen LogP contribution in [0.15, 0.2) is 36.4 Å². The summed E-state index contributed by atoms with van der Waals surface area (Å²) >= 11 is 0. The van der Waals surface area contributed by atoms with E-state index < -0.39 is 35.6 Å². The first-order valence-corrected chi connectivity index (χ1v) is 21.4. The number of aromatic nitrogens is 2. The molecule has 8 rings (SSSR count). The highest BCUT2D eigenvalue weighted by molar-refractivity contribution is 6.23. The molecule has 3 aromatic rings. The van der Waals surface area contributed by atoms with E-state index in [1.54, 1.807) is 13.2 Å². The fourth-order valence-electron chi connectivity index (χ4n) is 8.96. The third-order valence-electron chi connectivity index (χ3n) is 12.4. The average Bonchev–Trinajstić information content (AvgIpc) is 3.53. The first-order chi connectivity index (χ1) is 30.0. The number of piperazine rings is 1. The number of carbonyl (C=O) groups excluding carboxylic acids is 6. The summed E-state index contributed by atoms with van der Waals surface area (Å²) in [6, 6.07) is 10.1. The Morgan fingerprint density at radius 3 is 2.29 bits per heavy atom. The summed E-state index contributed by atoms with van der Waals surface area (Å²) < 4.78 is 11.4. The second kappa shape index (κ2) is 18.3. The Morgan fingerprint density at radius 2 is 1.60 bits per heavy atom. The van der Waals surface area contributed by atoms with Gasteiger partial charge in [0.05, 0.1) is 36.2 Å². The molecule has 4 fully saturated rings. The maximum atomic E-state index is 13.3. The second-order valence-electron chi connectivity index (χ2n) is 16.2. The number of fused-ring (bicyclic) bond motifs is 1. The highest BCUT2D eigenvalue weighted by atomic mass is 16.5. The summed E-state index contributed by atoms with van der Waals surface area (Å²) in [6.07, 6.45) is 4.31. The van der Waals surface area contributed by atoms with Crippen LogP contribution in [0.4, 0.5) is 28.7 Å². The molecule has 0 radical (unpaired) electrons. The van der Waals surface area contributed by atoms with E-state index in [1.165, 1.54) is 12.1 Å². The monoisotopic (exact) mass is 851 g/mol. The van der Waals surface area contributed by atoms with E-state index in [9.17, 15) is 28.8 Å². The largest absolute Gasteiger partial charge is 0.495 e. The number of piperidine rings is 2. The molecule has 0 bridgehead atoms. The lowest BCUT2D eigenvalue weighted by Gasteiger charge is -2.43. The Bertz CT molecular complexity index is 2250. The van der Waals surface area contributed by atoms with Gasteiger partial charge in [0, 0.05) is 88.4 Å². The van der Waals surface area contributed by atoms with Gasteiger partial charge in [-0.3, -0.25) is 43.9 Å². The fraction of sp³-hybridized carbons (Fsp3) is 0.488. The van der Waals surface area contributed by atoms with Gasteiger partial charge in [0.15, 0.2) is 17.3 Å². The van der Waals surface area contributed by atoms with E-state index in [2.05, 4.69) is 36.1 Å². The van der Waals surface area contributed by atoms with E-state index in [-0.39, 0.29) is 54.0 Å². The minimum absolute atomic E-state index is 0.0199. The summed E-state index contributed by atoms with van der Waals surface area (Å²) in [5.41, 5.74) is 9.00. The van der Waals surface area contributed by atoms with Gasteiger partial charge < -0.3 is 41.0 Å². The number of nitrogens with one attached hydrogen (secondary N) is 4. The van der Waals surface area contributed by atoms with Crippen LogP contribution in [0.2, 0.25) is 0 Å². The van der Waals surface area contributed by atoms with E-state index in [0.29, 0.717) is 67.4 Å². The second-order valence-corrected chi connectivity index (χ2v) is 16.2. The summed E-state index contributed by atoms with van der Waals surface area (Å²) in [5, 5.41) is 12.1. The summed E-state index contributed by atoms with van der Waals surface area (Å²) in [4.78, 5) is 92.9.